The van der Waals surface area contributed by atoms with E-state index in [1.165, 1.54) is 36.4 Å². The van der Waals surface area contributed by atoms with E-state index >= 15 is 0 Å². The van der Waals surface area contributed by atoms with Crippen LogP contribution in [-0.2, 0) is 0 Å². The second-order valence-electron chi connectivity index (χ2n) is 7.00. The lowest BCUT2D eigenvalue weighted by Crippen LogP contribution is -2.12. The van der Waals surface area contributed by atoms with Gasteiger partial charge in [-0.05, 0) is 44.0 Å². The number of fused-ring (bicyclic) bond motifs is 1. The van der Waals surface area contributed by atoms with Gasteiger partial charge in [-0.25, -0.2) is 14.4 Å². The normalized spacial score (nSPS) is 13.6. The third-order valence-electron chi connectivity index (χ3n) is 4.82. The first-order chi connectivity index (χ1) is 14.1. The number of amides is 1. The number of carbonyl (C=O) groups is 1. The van der Waals surface area contributed by atoms with Crippen LogP contribution in [0.15, 0.2) is 36.5 Å². The molecule has 1 aliphatic rings. The molecule has 146 valence electrons. The summed E-state index contributed by atoms with van der Waals surface area (Å²) in [7, 11) is 0. The van der Waals surface area contributed by atoms with Crippen molar-refractivity contribution in [2.75, 3.05) is 10.6 Å². The third-order valence-corrected chi connectivity index (χ3v) is 5.73. The highest BCUT2D eigenvalue weighted by molar-refractivity contribution is 7.17. The van der Waals surface area contributed by atoms with Crippen LogP contribution >= 0.6 is 11.3 Å². The van der Waals surface area contributed by atoms with E-state index in [1.807, 2.05) is 18.2 Å². The second-order valence-corrected chi connectivity index (χ2v) is 8.03. The molecule has 0 bridgehead atoms. The molecule has 1 fully saturated rings. The summed E-state index contributed by atoms with van der Waals surface area (Å²) in [5.74, 6) is 0.306. The molecule has 0 atom stereocenters. The average molecular weight is 408 g/mol. The molecule has 3 heterocycles. The molecular formula is C20H17FN6OS. The molecule has 3 aromatic heterocycles. The Kier molecular flexibility index (Phi) is 4.24. The van der Waals surface area contributed by atoms with E-state index in [9.17, 15) is 9.18 Å². The number of aryl methyl sites for hydroxylation is 1. The van der Waals surface area contributed by atoms with E-state index in [4.69, 9.17) is 0 Å². The Bertz CT molecular complexity index is 1230. The Labute approximate surface area is 169 Å². The van der Waals surface area contributed by atoms with Crippen molar-refractivity contribution in [3.05, 3.63) is 58.6 Å². The van der Waals surface area contributed by atoms with Crippen molar-refractivity contribution >= 4 is 44.8 Å². The maximum Gasteiger partial charge on any atom is 0.267 e. The molecule has 4 aromatic rings. The van der Waals surface area contributed by atoms with E-state index in [2.05, 4.69) is 30.8 Å². The van der Waals surface area contributed by atoms with Gasteiger partial charge in [-0.3, -0.25) is 9.89 Å². The summed E-state index contributed by atoms with van der Waals surface area (Å²) in [6.07, 6.45) is 3.82. The van der Waals surface area contributed by atoms with Crippen LogP contribution in [0.5, 0.6) is 0 Å². The maximum absolute atomic E-state index is 14.4. The van der Waals surface area contributed by atoms with Gasteiger partial charge in [0.25, 0.3) is 5.91 Å². The van der Waals surface area contributed by atoms with Gasteiger partial charge < -0.3 is 10.6 Å². The molecule has 5 rings (SSSR count). The van der Waals surface area contributed by atoms with Gasteiger partial charge >= 0.3 is 0 Å². The topological polar surface area (TPSA) is 95.6 Å². The van der Waals surface area contributed by atoms with Crippen LogP contribution in [0, 0.1) is 12.7 Å². The van der Waals surface area contributed by atoms with Gasteiger partial charge in [-0.1, -0.05) is 17.4 Å². The predicted octanol–water partition coefficient (Wildman–Crippen LogP) is 4.74. The summed E-state index contributed by atoms with van der Waals surface area (Å²) in [5, 5.41) is 13.8. The zero-order chi connectivity index (χ0) is 20.0. The minimum absolute atomic E-state index is 0.112. The number of rotatable bonds is 5. The zero-order valence-electron chi connectivity index (χ0n) is 15.5. The number of aromatic nitrogens is 4. The fraction of sp³-hybridized carbons (Fsp3) is 0.200. The van der Waals surface area contributed by atoms with Crippen LogP contribution in [0.3, 0.4) is 0 Å². The van der Waals surface area contributed by atoms with Gasteiger partial charge in [0.15, 0.2) is 5.13 Å². The molecule has 9 heteroatoms. The molecule has 1 saturated carbocycles. The number of nitrogens with one attached hydrogen (secondary N) is 3. The van der Waals surface area contributed by atoms with Crippen LogP contribution in [-0.4, -0.2) is 26.1 Å². The van der Waals surface area contributed by atoms with Crippen LogP contribution in [0.25, 0.3) is 10.9 Å². The minimum Gasteiger partial charge on any atom is -0.318 e. The first-order valence-corrected chi connectivity index (χ1v) is 10.0. The summed E-state index contributed by atoms with van der Waals surface area (Å²) in [6.45, 7) is 1.78. The zero-order valence-corrected chi connectivity index (χ0v) is 16.3. The van der Waals surface area contributed by atoms with Gasteiger partial charge in [0.2, 0.25) is 0 Å². The average Bonchev–Trinajstić information content (AvgIpc) is 3.36. The highest BCUT2D eigenvalue weighted by Gasteiger charge is 2.25. The van der Waals surface area contributed by atoms with Crippen LogP contribution in [0.4, 0.5) is 21.0 Å². The Morgan fingerprint density at radius 2 is 2.14 bits per heavy atom. The first kappa shape index (κ1) is 17.7. The van der Waals surface area contributed by atoms with Crippen molar-refractivity contribution in [3.63, 3.8) is 0 Å². The molecule has 1 aliphatic carbocycles. The van der Waals surface area contributed by atoms with E-state index in [0.29, 0.717) is 38.3 Å². The molecule has 29 heavy (non-hydrogen) atoms. The predicted molar refractivity (Wildman–Crippen MR) is 110 cm³/mol. The molecule has 1 aromatic carbocycles. The summed E-state index contributed by atoms with van der Waals surface area (Å²) in [4.78, 5) is 21.9. The van der Waals surface area contributed by atoms with Crippen molar-refractivity contribution in [1.82, 2.24) is 20.2 Å². The molecule has 0 radical (unpaired) electrons. The van der Waals surface area contributed by atoms with Gasteiger partial charge in [0.1, 0.15) is 16.5 Å². The van der Waals surface area contributed by atoms with E-state index < -0.39 is 11.7 Å². The van der Waals surface area contributed by atoms with Gasteiger partial charge in [0.05, 0.1) is 17.4 Å². The van der Waals surface area contributed by atoms with Gasteiger partial charge in [-0.15, -0.1) is 0 Å². The van der Waals surface area contributed by atoms with Gasteiger partial charge in [0, 0.05) is 22.7 Å². The lowest BCUT2D eigenvalue weighted by molar-refractivity contribution is 0.103. The standard InChI is InChI=1S/C20H17FN6OS/c1-10-17-14(27-26-10)8-7-12(21)18(17)25-19(28)15-9-22-20(29-15)24-16-4-2-3-13(23-16)11-5-6-11/h2-4,7-9,11H,5-6H2,1H3,(H,25,28)(H,26,27)(H,22,23,24). The Balaban J connectivity index is 1.36. The molecule has 1 amide bonds. The lowest BCUT2D eigenvalue weighted by atomic mass is 10.1. The second kappa shape index (κ2) is 6.93. The number of anilines is 3. The van der Waals surface area contributed by atoms with Crippen molar-refractivity contribution < 1.29 is 9.18 Å². The number of carbonyl (C=O) groups excluding carboxylic acids is 1. The summed E-state index contributed by atoms with van der Waals surface area (Å²) in [5.41, 5.74) is 2.46. The number of pyridine rings is 1. The first-order valence-electron chi connectivity index (χ1n) is 9.23. The molecule has 7 nitrogen and oxygen atoms in total. The highest BCUT2D eigenvalue weighted by atomic mass is 32.1. The summed E-state index contributed by atoms with van der Waals surface area (Å²) >= 11 is 1.18. The van der Waals surface area contributed by atoms with Crippen molar-refractivity contribution in [2.45, 2.75) is 25.7 Å². The fourth-order valence-corrected chi connectivity index (χ4v) is 3.93. The summed E-state index contributed by atoms with van der Waals surface area (Å²) in [6, 6.07) is 8.71. The van der Waals surface area contributed by atoms with Gasteiger partial charge in [-0.2, -0.15) is 5.10 Å². The minimum atomic E-state index is -0.515. The molecule has 0 spiro atoms. The number of H-pyrrole nitrogens is 1. The largest absolute Gasteiger partial charge is 0.318 e. The fourth-order valence-electron chi connectivity index (χ4n) is 3.21. The quantitative estimate of drug-likeness (QED) is 0.443. The Morgan fingerprint density at radius 1 is 1.28 bits per heavy atom. The van der Waals surface area contributed by atoms with Crippen LogP contribution in [0.1, 0.15) is 39.8 Å². The van der Waals surface area contributed by atoms with E-state index in [1.54, 1.807) is 13.0 Å². The number of hydrogen-bond acceptors (Lipinski definition) is 6. The smallest absolute Gasteiger partial charge is 0.267 e. The monoisotopic (exact) mass is 408 g/mol. The lowest BCUT2D eigenvalue weighted by Gasteiger charge is -2.07. The molecule has 0 aliphatic heterocycles. The van der Waals surface area contributed by atoms with Crippen LogP contribution in [0.2, 0.25) is 0 Å². The molecular weight excluding hydrogens is 391 g/mol. The Morgan fingerprint density at radius 3 is 2.97 bits per heavy atom. The van der Waals surface area contributed by atoms with Crippen molar-refractivity contribution in [3.8, 4) is 0 Å². The summed E-state index contributed by atoms with van der Waals surface area (Å²) < 4.78 is 14.4. The number of hydrogen-bond donors (Lipinski definition) is 3. The highest BCUT2D eigenvalue weighted by Crippen LogP contribution is 2.39. The number of aromatic amines is 1. The number of halogens is 1. The van der Waals surface area contributed by atoms with Crippen molar-refractivity contribution in [2.24, 2.45) is 0 Å². The third kappa shape index (κ3) is 3.44. The number of nitrogens with zero attached hydrogens (tertiary/aromatic N) is 3. The molecule has 0 unspecified atom stereocenters. The SMILES string of the molecule is Cc1[nH]nc2ccc(F)c(NC(=O)c3cnc(Nc4cccc(C5CC5)n4)s3)c12. The van der Waals surface area contributed by atoms with E-state index in [0.717, 1.165) is 5.69 Å². The number of benzene rings is 1. The van der Waals surface area contributed by atoms with Crippen molar-refractivity contribution in [1.29, 1.82) is 0 Å². The Hall–Kier alpha value is -3.33. The molecule has 0 saturated heterocycles. The number of thiazole rings is 1. The van der Waals surface area contributed by atoms with E-state index in [-0.39, 0.29) is 5.69 Å². The molecule has 3 N–H and O–H groups in total. The maximum atomic E-state index is 14.4. The van der Waals surface area contributed by atoms with Crippen LogP contribution < -0.4 is 10.6 Å².